The van der Waals surface area contributed by atoms with Crippen LogP contribution in [0.1, 0.15) is 10.5 Å². The molecule has 0 aliphatic rings. The van der Waals surface area contributed by atoms with E-state index >= 15 is 0 Å². The van der Waals surface area contributed by atoms with Crippen LogP contribution >= 0.6 is 0 Å². The average molecular weight is 185 g/mol. The molecule has 8 nitrogen and oxygen atoms in total. The molecule has 2 amide bonds. The van der Waals surface area contributed by atoms with Crippen molar-refractivity contribution in [1.82, 2.24) is 20.5 Å². The molecule has 0 spiro atoms. The van der Waals surface area contributed by atoms with Gasteiger partial charge in [-0.1, -0.05) is 5.21 Å². The molecule has 0 radical (unpaired) electrons. The molecule has 1 aromatic rings. The fraction of sp³-hybridized carbons (Fsp3) is 0.200. The molecular weight excluding hydrogens is 178 g/mol. The zero-order chi connectivity index (χ0) is 9.84. The molecule has 0 bridgehead atoms. The van der Waals surface area contributed by atoms with Crippen LogP contribution in [0.15, 0.2) is 6.20 Å². The predicted octanol–water partition coefficient (Wildman–Crippen LogP) is -2.12. The molecule has 1 heterocycles. The summed E-state index contributed by atoms with van der Waals surface area (Å²) >= 11 is 0. The van der Waals surface area contributed by atoms with E-state index in [0.717, 1.165) is 4.68 Å². The Morgan fingerprint density at radius 3 is 2.92 bits per heavy atom. The van der Waals surface area contributed by atoms with Crippen LogP contribution in [-0.2, 0) is 11.3 Å². The lowest BCUT2D eigenvalue weighted by Gasteiger charge is -1.92. The number of nitrogens with one attached hydrogen (secondary N) is 1. The number of hydrogen-bond donors (Lipinski definition) is 3. The van der Waals surface area contributed by atoms with Gasteiger partial charge in [0.15, 0.2) is 5.69 Å². The minimum absolute atomic E-state index is 0.0937. The molecule has 8 heteroatoms. The van der Waals surface area contributed by atoms with Gasteiger partial charge < -0.3 is 5.73 Å². The van der Waals surface area contributed by atoms with Gasteiger partial charge >= 0.3 is 0 Å². The first-order valence-corrected chi connectivity index (χ1v) is 3.26. The topological polar surface area (TPSA) is 123 Å². The van der Waals surface area contributed by atoms with E-state index in [4.69, 9.17) is 10.9 Å². The molecule has 0 atom stereocenters. The fourth-order valence-electron chi connectivity index (χ4n) is 0.697. The van der Waals surface area contributed by atoms with E-state index in [1.807, 2.05) is 0 Å². The van der Waals surface area contributed by atoms with Gasteiger partial charge in [0.05, 0.1) is 6.20 Å². The van der Waals surface area contributed by atoms with Crippen LogP contribution in [0.2, 0.25) is 0 Å². The number of primary amides is 1. The summed E-state index contributed by atoms with van der Waals surface area (Å²) in [5.74, 6) is -1.39. The Morgan fingerprint density at radius 1 is 1.69 bits per heavy atom. The standard InChI is InChI=1S/C5H7N5O3/c6-4(11)2-10-1-3(7-9-10)5(12)8-13/h1,13H,2H2,(H2,6,11)(H,8,12). The summed E-state index contributed by atoms with van der Waals surface area (Å²) in [6, 6.07) is 0. The number of amides is 2. The van der Waals surface area contributed by atoms with E-state index in [-0.39, 0.29) is 12.2 Å². The second kappa shape index (κ2) is 3.63. The quantitative estimate of drug-likeness (QED) is 0.367. The van der Waals surface area contributed by atoms with Gasteiger partial charge in [-0.2, -0.15) is 0 Å². The number of aromatic nitrogens is 3. The molecule has 0 fully saturated rings. The third kappa shape index (κ3) is 2.24. The van der Waals surface area contributed by atoms with Gasteiger partial charge in [0.25, 0.3) is 5.91 Å². The van der Waals surface area contributed by atoms with E-state index in [1.165, 1.54) is 11.7 Å². The molecule has 0 aromatic carbocycles. The normalized spacial score (nSPS) is 9.62. The van der Waals surface area contributed by atoms with Crippen molar-refractivity contribution < 1.29 is 14.8 Å². The summed E-state index contributed by atoms with van der Waals surface area (Å²) in [7, 11) is 0. The van der Waals surface area contributed by atoms with E-state index in [2.05, 4.69) is 10.3 Å². The minimum Gasteiger partial charge on any atom is -0.368 e. The lowest BCUT2D eigenvalue weighted by molar-refractivity contribution is -0.118. The maximum absolute atomic E-state index is 10.7. The van der Waals surface area contributed by atoms with E-state index < -0.39 is 11.8 Å². The molecule has 0 aliphatic carbocycles. The number of nitrogens with two attached hydrogens (primary N) is 1. The fourth-order valence-corrected chi connectivity index (χ4v) is 0.697. The number of carbonyl (C=O) groups is 2. The van der Waals surface area contributed by atoms with Crippen molar-refractivity contribution in [3.8, 4) is 0 Å². The molecule has 13 heavy (non-hydrogen) atoms. The summed E-state index contributed by atoms with van der Waals surface area (Å²) in [6.45, 7) is -0.161. The number of hydroxylamine groups is 1. The molecule has 4 N–H and O–H groups in total. The molecule has 1 rings (SSSR count). The van der Waals surface area contributed by atoms with Crippen molar-refractivity contribution in [3.63, 3.8) is 0 Å². The number of carbonyl (C=O) groups excluding carboxylic acids is 2. The summed E-state index contributed by atoms with van der Waals surface area (Å²) < 4.78 is 1.09. The van der Waals surface area contributed by atoms with Gasteiger partial charge in [-0.3, -0.25) is 14.8 Å². The highest BCUT2D eigenvalue weighted by Gasteiger charge is 2.09. The van der Waals surface area contributed by atoms with Crippen molar-refractivity contribution in [2.45, 2.75) is 6.54 Å². The second-order valence-electron chi connectivity index (χ2n) is 2.21. The molecular formula is C5H7N5O3. The van der Waals surface area contributed by atoms with Gasteiger partial charge in [0.2, 0.25) is 5.91 Å². The lowest BCUT2D eigenvalue weighted by atomic mass is 10.4. The van der Waals surface area contributed by atoms with Crippen molar-refractivity contribution in [3.05, 3.63) is 11.9 Å². The first kappa shape index (κ1) is 9.13. The molecule has 0 aliphatic heterocycles. The highest BCUT2D eigenvalue weighted by molar-refractivity contribution is 5.90. The van der Waals surface area contributed by atoms with E-state index in [0.29, 0.717) is 0 Å². The first-order chi connectivity index (χ1) is 6.13. The van der Waals surface area contributed by atoms with Crippen molar-refractivity contribution in [2.75, 3.05) is 0 Å². The van der Waals surface area contributed by atoms with Gasteiger partial charge in [-0.15, -0.1) is 5.10 Å². The SMILES string of the molecule is NC(=O)Cn1cc(C(=O)NO)nn1. The summed E-state index contributed by atoms with van der Waals surface area (Å²) in [5, 5.41) is 15.0. The Kier molecular flexibility index (Phi) is 2.55. The van der Waals surface area contributed by atoms with E-state index in [9.17, 15) is 9.59 Å². The highest BCUT2D eigenvalue weighted by Crippen LogP contribution is 1.91. The Balaban J connectivity index is 2.74. The summed E-state index contributed by atoms with van der Waals surface area (Å²) in [5.41, 5.74) is 6.15. The van der Waals surface area contributed by atoms with Gasteiger partial charge in [-0.05, 0) is 0 Å². The first-order valence-electron chi connectivity index (χ1n) is 3.26. The van der Waals surface area contributed by atoms with Crippen LogP contribution < -0.4 is 11.2 Å². The Hall–Kier alpha value is -1.96. The van der Waals surface area contributed by atoms with E-state index in [1.54, 1.807) is 0 Å². The van der Waals surface area contributed by atoms with Crippen LogP contribution in [0, 0.1) is 0 Å². The predicted molar refractivity (Wildman–Crippen MR) is 38.5 cm³/mol. The number of rotatable bonds is 3. The monoisotopic (exact) mass is 185 g/mol. The zero-order valence-electron chi connectivity index (χ0n) is 6.47. The second-order valence-corrected chi connectivity index (χ2v) is 2.21. The molecule has 0 saturated heterocycles. The maximum atomic E-state index is 10.7. The lowest BCUT2D eigenvalue weighted by Crippen LogP contribution is -2.20. The van der Waals surface area contributed by atoms with Crippen LogP contribution in [-0.4, -0.2) is 32.0 Å². The van der Waals surface area contributed by atoms with Gasteiger partial charge in [0, 0.05) is 0 Å². The molecule has 0 saturated carbocycles. The molecule has 0 unspecified atom stereocenters. The molecule has 1 aromatic heterocycles. The number of hydrogen-bond acceptors (Lipinski definition) is 5. The van der Waals surface area contributed by atoms with Crippen LogP contribution in [0.3, 0.4) is 0 Å². The Morgan fingerprint density at radius 2 is 2.38 bits per heavy atom. The van der Waals surface area contributed by atoms with Crippen molar-refractivity contribution >= 4 is 11.8 Å². The van der Waals surface area contributed by atoms with Crippen LogP contribution in [0.25, 0.3) is 0 Å². The number of nitrogens with zero attached hydrogens (tertiary/aromatic N) is 3. The van der Waals surface area contributed by atoms with Crippen molar-refractivity contribution in [2.24, 2.45) is 5.73 Å². The minimum atomic E-state index is -0.796. The summed E-state index contributed by atoms with van der Waals surface area (Å²) in [4.78, 5) is 21.1. The third-order valence-electron chi connectivity index (χ3n) is 1.19. The highest BCUT2D eigenvalue weighted by atomic mass is 16.5. The summed E-state index contributed by atoms with van der Waals surface area (Å²) in [6.07, 6.45) is 1.19. The third-order valence-corrected chi connectivity index (χ3v) is 1.19. The van der Waals surface area contributed by atoms with Crippen LogP contribution in [0.5, 0.6) is 0 Å². The molecule has 70 valence electrons. The Labute approximate surface area is 72.3 Å². The smallest absolute Gasteiger partial charge is 0.296 e. The Bertz CT molecular complexity index is 333. The maximum Gasteiger partial charge on any atom is 0.296 e. The average Bonchev–Trinajstić information content (AvgIpc) is 2.50. The largest absolute Gasteiger partial charge is 0.368 e. The van der Waals surface area contributed by atoms with Gasteiger partial charge in [-0.25, -0.2) is 10.2 Å². The van der Waals surface area contributed by atoms with Gasteiger partial charge in [0.1, 0.15) is 6.54 Å². The van der Waals surface area contributed by atoms with Crippen molar-refractivity contribution in [1.29, 1.82) is 0 Å². The van der Waals surface area contributed by atoms with Crippen LogP contribution in [0.4, 0.5) is 0 Å². The zero-order valence-corrected chi connectivity index (χ0v) is 6.47.